The highest BCUT2D eigenvalue weighted by atomic mass is 127. The number of guanidine groups is 1. The fraction of sp³-hybridized carbons (Fsp3) is 0.316. The first-order valence-electron chi connectivity index (χ1n) is 8.98. The molecule has 0 aliphatic carbocycles. The van der Waals surface area contributed by atoms with Crippen LogP contribution in [-0.2, 0) is 23.0 Å². The van der Waals surface area contributed by atoms with Gasteiger partial charge in [0.15, 0.2) is 17.5 Å². The van der Waals surface area contributed by atoms with Crippen molar-refractivity contribution in [1.29, 1.82) is 0 Å². The lowest BCUT2D eigenvalue weighted by Gasteiger charge is -2.12. The van der Waals surface area contributed by atoms with Crippen molar-refractivity contribution in [2.24, 2.45) is 10.1 Å². The summed E-state index contributed by atoms with van der Waals surface area (Å²) < 4.78 is 33.7. The molecule has 1 aliphatic rings. The minimum atomic E-state index is -3.72. The average molecular weight is 532 g/mol. The number of aliphatic imine (C=N–C) groups is 1. The number of hydrogen-bond acceptors (Lipinski definition) is 5. The van der Waals surface area contributed by atoms with Crippen LogP contribution in [0.25, 0.3) is 0 Å². The van der Waals surface area contributed by atoms with Gasteiger partial charge in [-0.1, -0.05) is 18.2 Å². The Morgan fingerprint density at radius 2 is 1.90 bits per heavy atom. The second-order valence-corrected chi connectivity index (χ2v) is 7.81. The maximum absolute atomic E-state index is 11.5. The number of halogens is 1. The van der Waals surface area contributed by atoms with Crippen LogP contribution in [0.1, 0.15) is 18.1 Å². The lowest BCUT2D eigenvalue weighted by Crippen LogP contribution is -2.38. The first kappa shape index (κ1) is 23.2. The first-order valence-corrected chi connectivity index (χ1v) is 10.5. The lowest BCUT2D eigenvalue weighted by atomic mass is 10.1. The van der Waals surface area contributed by atoms with Crippen LogP contribution < -0.4 is 25.2 Å². The largest absolute Gasteiger partial charge is 0.454 e. The Morgan fingerprint density at radius 3 is 2.66 bits per heavy atom. The zero-order chi connectivity index (χ0) is 20.0. The molecule has 2 aromatic rings. The highest BCUT2D eigenvalue weighted by Gasteiger charge is 2.13. The topological polar surface area (TPSA) is 115 Å². The summed E-state index contributed by atoms with van der Waals surface area (Å²) in [6, 6.07) is 12.4. The van der Waals surface area contributed by atoms with Gasteiger partial charge in [0.2, 0.25) is 16.8 Å². The monoisotopic (exact) mass is 532 g/mol. The van der Waals surface area contributed by atoms with E-state index >= 15 is 0 Å². The molecule has 0 unspecified atom stereocenters. The fourth-order valence-corrected chi connectivity index (χ4v) is 3.34. The summed E-state index contributed by atoms with van der Waals surface area (Å²) in [6.45, 7) is 3.98. The summed E-state index contributed by atoms with van der Waals surface area (Å²) in [6.07, 6.45) is 0.794. The van der Waals surface area contributed by atoms with Crippen molar-refractivity contribution >= 4 is 40.0 Å². The molecule has 0 amide bonds. The number of nitrogens with one attached hydrogen (secondary N) is 2. The molecular weight excluding hydrogens is 507 g/mol. The molecule has 2 aromatic carbocycles. The van der Waals surface area contributed by atoms with E-state index in [1.807, 2.05) is 31.2 Å². The van der Waals surface area contributed by atoms with Crippen LogP contribution in [0.5, 0.6) is 11.5 Å². The third kappa shape index (κ3) is 6.75. The van der Waals surface area contributed by atoms with E-state index in [-0.39, 0.29) is 35.7 Å². The van der Waals surface area contributed by atoms with Crippen LogP contribution in [0.15, 0.2) is 52.4 Å². The second-order valence-electron chi connectivity index (χ2n) is 6.25. The molecule has 0 fully saturated rings. The fourth-order valence-electron chi connectivity index (χ4n) is 2.75. The Kier molecular flexibility index (Phi) is 8.53. The molecule has 0 spiro atoms. The Bertz CT molecular complexity index is 966. The van der Waals surface area contributed by atoms with E-state index in [0.717, 1.165) is 29.0 Å². The molecule has 8 nitrogen and oxygen atoms in total. The number of fused-ring (bicyclic) bond motifs is 1. The van der Waals surface area contributed by atoms with Crippen molar-refractivity contribution in [3.8, 4) is 11.5 Å². The van der Waals surface area contributed by atoms with E-state index in [1.165, 1.54) is 12.1 Å². The molecule has 10 heteroatoms. The molecule has 0 aromatic heterocycles. The van der Waals surface area contributed by atoms with Crippen LogP contribution in [0.4, 0.5) is 0 Å². The van der Waals surface area contributed by atoms with Crippen molar-refractivity contribution in [3.63, 3.8) is 0 Å². The number of nitrogens with zero attached hydrogens (tertiary/aromatic N) is 1. The van der Waals surface area contributed by atoms with E-state index < -0.39 is 10.0 Å². The molecule has 158 valence electrons. The molecule has 4 N–H and O–H groups in total. The van der Waals surface area contributed by atoms with Crippen molar-refractivity contribution in [2.75, 3.05) is 19.9 Å². The molecule has 0 saturated carbocycles. The molecule has 1 aliphatic heterocycles. The van der Waals surface area contributed by atoms with Crippen molar-refractivity contribution < 1.29 is 17.9 Å². The van der Waals surface area contributed by atoms with Gasteiger partial charge >= 0.3 is 0 Å². The third-order valence-electron chi connectivity index (χ3n) is 4.13. The van der Waals surface area contributed by atoms with Crippen molar-refractivity contribution in [3.05, 3.63) is 53.6 Å². The molecule has 0 bridgehead atoms. The summed E-state index contributed by atoms with van der Waals surface area (Å²) in [7, 11) is -3.72. The van der Waals surface area contributed by atoms with Gasteiger partial charge in [-0.15, -0.1) is 24.0 Å². The number of primary sulfonamides is 1. The first-order chi connectivity index (χ1) is 13.5. The third-order valence-corrected chi connectivity index (χ3v) is 5.05. The second kappa shape index (κ2) is 10.6. The lowest BCUT2D eigenvalue weighted by molar-refractivity contribution is 0.174. The summed E-state index contributed by atoms with van der Waals surface area (Å²) in [5.41, 5.74) is 1.90. The van der Waals surface area contributed by atoms with Crippen LogP contribution in [-0.4, -0.2) is 34.3 Å². The zero-order valence-electron chi connectivity index (χ0n) is 16.1. The predicted molar refractivity (Wildman–Crippen MR) is 122 cm³/mol. The van der Waals surface area contributed by atoms with E-state index in [9.17, 15) is 8.42 Å². The van der Waals surface area contributed by atoms with Gasteiger partial charge in [-0.25, -0.2) is 18.5 Å². The van der Waals surface area contributed by atoms with Gasteiger partial charge in [0, 0.05) is 13.1 Å². The normalized spacial score (nSPS) is 13.0. The van der Waals surface area contributed by atoms with Gasteiger partial charge < -0.3 is 20.1 Å². The number of ether oxygens (including phenoxy) is 2. The van der Waals surface area contributed by atoms with Gasteiger partial charge in [0.25, 0.3) is 0 Å². The molecule has 0 radical (unpaired) electrons. The molecule has 0 atom stereocenters. The van der Waals surface area contributed by atoms with Gasteiger partial charge in [-0.3, -0.25) is 0 Å². The van der Waals surface area contributed by atoms with Crippen LogP contribution in [0.3, 0.4) is 0 Å². The Morgan fingerprint density at radius 1 is 1.10 bits per heavy atom. The minimum Gasteiger partial charge on any atom is -0.454 e. The molecule has 29 heavy (non-hydrogen) atoms. The minimum absolute atomic E-state index is 0. The average Bonchev–Trinajstić information content (AvgIpc) is 3.13. The number of hydrogen-bond donors (Lipinski definition) is 3. The summed E-state index contributed by atoms with van der Waals surface area (Å²) in [4.78, 5) is 4.59. The molecular formula is C19H25IN4O4S. The van der Waals surface area contributed by atoms with Crippen LogP contribution in [0.2, 0.25) is 0 Å². The highest BCUT2D eigenvalue weighted by Crippen LogP contribution is 2.32. The Hall–Kier alpha value is -2.05. The number of rotatable bonds is 7. The van der Waals surface area contributed by atoms with E-state index in [4.69, 9.17) is 14.6 Å². The molecule has 3 rings (SSSR count). The van der Waals surface area contributed by atoms with Gasteiger partial charge in [-0.05, 0) is 48.7 Å². The molecule has 0 saturated heterocycles. The maximum atomic E-state index is 11.5. The SMILES string of the molecule is CCNC(=NCc1cccc(S(N)(=O)=O)c1)NCCc1ccc2c(c1)OCO2.I. The Labute approximate surface area is 188 Å². The van der Waals surface area contributed by atoms with Gasteiger partial charge in [0.1, 0.15) is 0 Å². The van der Waals surface area contributed by atoms with Crippen molar-refractivity contribution in [1.82, 2.24) is 10.6 Å². The van der Waals surface area contributed by atoms with Crippen LogP contribution >= 0.6 is 24.0 Å². The van der Waals surface area contributed by atoms with E-state index in [0.29, 0.717) is 25.6 Å². The number of nitrogens with two attached hydrogens (primary N) is 1. The highest BCUT2D eigenvalue weighted by molar-refractivity contribution is 14.0. The molecule has 1 heterocycles. The van der Waals surface area contributed by atoms with Gasteiger partial charge in [-0.2, -0.15) is 0 Å². The van der Waals surface area contributed by atoms with Crippen LogP contribution in [0, 0.1) is 0 Å². The quantitative estimate of drug-likeness (QED) is 0.286. The summed E-state index contributed by atoms with van der Waals surface area (Å²) >= 11 is 0. The predicted octanol–water partition coefficient (Wildman–Crippen LogP) is 1.98. The number of benzene rings is 2. The smallest absolute Gasteiger partial charge is 0.238 e. The maximum Gasteiger partial charge on any atom is 0.238 e. The summed E-state index contributed by atoms with van der Waals surface area (Å²) in [5.74, 6) is 2.20. The standard InChI is InChI=1S/C19H24N4O4S.HI/c1-2-21-19(23-12-15-4-3-5-16(10-15)28(20,24)25)22-9-8-14-6-7-17-18(11-14)27-13-26-17;/h3-7,10-11H,2,8-9,12-13H2,1H3,(H2,20,24,25)(H2,21,22,23);1H. The van der Waals surface area contributed by atoms with Crippen molar-refractivity contribution in [2.45, 2.75) is 24.8 Å². The zero-order valence-corrected chi connectivity index (χ0v) is 19.2. The van der Waals surface area contributed by atoms with E-state index in [2.05, 4.69) is 15.6 Å². The van der Waals surface area contributed by atoms with E-state index in [1.54, 1.807) is 6.07 Å². The Balaban J connectivity index is 0.00000300. The van der Waals surface area contributed by atoms with Gasteiger partial charge in [0.05, 0.1) is 11.4 Å². The summed E-state index contributed by atoms with van der Waals surface area (Å²) in [5, 5.41) is 11.6. The number of sulfonamides is 1.